The van der Waals surface area contributed by atoms with Gasteiger partial charge in [-0.25, -0.2) is 9.59 Å². The number of rotatable bonds is 11. The molecule has 180 valence electrons. The van der Waals surface area contributed by atoms with Gasteiger partial charge in [0.2, 0.25) is 0 Å². The van der Waals surface area contributed by atoms with E-state index in [1.54, 1.807) is 12.1 Å². The highest BCUT2D eigenvalue weighted by atomic mass is 35.5. The normalized spacial score (nSPS) is 10.4. The molecule has 0 heterocycles. The third kappa shape index (κ3) is 7.98. The van der Waals surface area contributed by atoms with Crippen molar-refractivity contribution in [3.05, 3.63) is 94.0 Å². The van der Waals surface area contributed by atoms with Gasteiger partial charge in [-0.15, -0.1) is 0 Å². The van der Waals surface area contributed by atoms with E-state index in [2.05, 4.69) is 6.92 Å². The third-order valence-corrected chi connectivity index (χ3v) is 5.89. The number of benzene rings is 3. The largest absolute Gasteiger partial charge is 0.423 e. The molecule has 0 aliphatic heterocycles. The second-order valence-electron chi connectivity index (χ2n) is 8.27. The molecule has 3 aromatic rings. The van der Waals surface area contributed by atoms with E-state index in [0.29, 0.717) is 16.9 Å². The standard InChI is InChI=1S/C29H28ClNO4/c1-2-3-4-5-6-7-8-21-11-15-24(16-12-21)34-29(33)26-18-17-25(19-27(26)30)35-28(32)23-13-9-22(20-31)10-14-23/h9-19H,2-8H2,1H3. The van der Waals surface area contributed by atoms with E-state index in [1.807, 2.05) is 18.2 Å². The van der Waals surface area contributed by atoms with E-state index < -0.39 is 11.9 Å². The number of halogens is 1. The maximum Gasteiger partial charge on any atom is 0.345 e. The summed E-state index contributed by atoms with van der Waals surface area (Å²) in [5.41, 5.74) is 2.12. The summed E-state index contributed by atoms with van der Waals surface area (Å²) in [4.78, 5) is 24.9. The van der Waals surface area contributed by atoms with Gasteiger partial charge in [0.25, 0.3) is 0 Å². The van der Waals surface area contributed by atoms with Crippen LogP contribution in [-0.2, 0) is 6.42 Å². The van der Waals surface area contributed by atoms with E-state index in [0.717, 1.165) is 12.8 Å². The van der Waals surface area contributed by atoms with Gasteiger partial charge in [0.1, 0.15) is 11.5 Å². The van der Waals surface area contributed by atoms with Crippen molar-refractivity contribution in [3.8, 4) is 17.6 Å². The summed E-state index contributed by atoms with van der Waals surface area (Å²) >= 11 is 6.26. The lowest BCUT2D eigenvalue weighted by atomic mass is 10.0. The Balaban J connectivity index is 1.53. The summed E-state index contributed by atoms with van der Waals surface area (Å²) in [5.74, 6) is -0.556. The van der Waals surface area contributed by atoms with Crippen molar-refractivity contribution in [1.82, 2.24) is 0 Å². The summed E-state index contributed by atoms with van der Waals surface area (Å²) in [6.07, 6.45) is 8.52. The molecule has 0 aromatic heterocycles. The molecule has 5 nitrogen and oxygen atoms in total. The third-order valence-electron chi connectivity index (χ3n) is 5.57. The fourth-order valence-corrected chi connectivity index (χ4v) is 3.81. The Kier molecular flexibility index (Phi) is 9.89. The number of esters is 2. The summed E-state index contributed by atoms with van der Waals surface area (Å²) in [5, 5.41) is 8.96. The zero-order valence-corrected chi connectivity index (χ0v) is 20.5. The molecule has 35 heavy (non-hydrogen) atoms. The van der Waals surface area contributed by atoms with Gasteiger partial charge in [0.05, 0.1) is 27.8 Å². The van der Waals surface area contributed by atoms with Gasteiger partial charge in [-0.2, -0.15) is 5.26 Å². The van der Waals surface area contributed by atoms with Crippen LogP contribution in [0.3, 0.4) is 0 Å². The average Bonchev–Trinajstić information content (AvgIpc) is 2.87. The van der Waals surface area contributed by atoms with Gasteiger partial charge in [-0.05, 0) is 66.9 Å². The number of carbonyl (C=O) groups excluding carboxylic acids is 2. The highest BCUT2D eigenvalue weighted by Crippen LogP contribution is 2.25. The lowest BCUT2D eigenvalue weighted by molar-refractivity contribution is 0.0730. The van der Waals surface area contributed by atoms with Gasteiger partial charge < -0.3 is 9.47 Å². The molecule has 0 atom stereocenters. The number of hydrogen-bond acceptors (Lipinski definition) is 5. The maximum atomic E-state index is 12.6. The van der Waals surface area contributed by atoms with Crippen LogP contribution in [0, 0.1) is 11.3 Å². The Morgan fingerprint density at radius 2 is 1.43 bits per heavy atom. The van der Waals surface area contributed by atoms with Crippen LogP contribution in [0.15, 0.2) is 66.7 Å². The van der Waals surface area contributed by atoms with Crippen LogP contribution in [0.25, 0.3) is 0 Å². The second-order valence-corrected chi connectivity index (χ2v) is 8.68. The predicted octanol–water partition coefficient (Wildman–Crippen LogP) is 7.55. The molecule has 0 spiro atoms. The first-order chi connectivity index (χ1) is 17.0. The summed E-state index contributed by atoms with van der Waals surface area (Å²) < 4.78 is 10.8. The molecule has 0 N–H and O–H groups in total. The molecule has 0 fully saturated rings. The minimum atomic E-state index is -0.595. The Hall–Kier alpha value is -3.62. The molecular formula is C29H28ClNO4. The molecular weight excluding hydrogens is 462 g/mol. The van der Waals surface area contributed by atoms with Gasteiger partial charge >= 0.3 is 11.9 Å². The van der Waals surface area contributed by atoms with Crippen molar-refractivity contribution in [3.63, 3.8) is 0 Å². The van der Waals surface area contributed by atoms with Crippen molar-refractivity contribution in [2.75, 3.05) is 0 Å². The molecule has 0 amide bonds. The van der Waals surface area contributed by atoms with E-state index in [4.69, 9.17) is 26.3 Å². The van der Waals surface area contributed by atoms with Gasteiger partial charge in [0, 0.05) is 6.07 Å². The minimum Gasteiger partial charge on any atom is -0.423 e. The second kappa shape index (κ2) is 13.3. The van der Waals surface area contributed by atoms with Gasteiger partial charge in [-0.3, -0.25) is 0 Å². The Morgan fingerprint density at radius 1 is 0.800 bits per heavy atom. The van der Waals surface area contributed by atoms with Crippen LogP contribution in [0.1, 0.15) is 77.3 Å². The minimum absolute atomic E-state index is 0.111. The summed E-state index contributed by atoms with van der Waals surface area (Å²) in [6.45, 7) is 2.22. The zero-order chi connectivity index (χ0) is 25.0. The number of unbranched alkanes of at least 4 members (excludes halogenated alkanes) is 5. The molecule has 0 saturated heterocycles. The number of carbonyl (C=O) groups is 2. The summed E-state index contributed by atoms with van der Waals surface area (Å²) in [6, 6.07) is 19.9. The molecule has 0 aliphatic rings. The molecule has 6 heteroatoms. The lowest BCUT2D eigenvalue weighted by Crippen LogP contribution is -2.11. The fraction of sp³-hybridized carbons (Fsp3) is 0.276. The Morgan fingerprint density at radius 3 is 2.09 bits per heavy atom. The molecule has 0 unspecified atom stereocenters. The van der Waals surface area contributed by atoms with Crippen molar-refractivity contribution in [2.45, 2.75) is 51.9 Å². The van der Waals surface area contributed by atoms with Crippen LogP contribution < -0.4 is 9.47 Å². The van der Waals surface area contributed by atoms with E-state index in [-0.39, 0.29) is 16.3 Å². The van der Waals surface area contributed by atoms with Crippen molar-refractivity contribution in [1.29, 1.82) is 5.26 Å². The molecule has 0 saturated carbocycles. The Labute approximate surface area is 211 Å². The number of aryl methyl sites for hydroxylation is 1. The zero-order valence-electron chi connectivity index (χ0n) is 19.8. The molecule has 0 radical (unpaired) electrons. The lowest BCUT2D eigenvalue weighted by Gasteiger charge is -2.09. The monoisotopic (exact) mass is 489 g/mol. The van der Waals surface area contributed by atoms with E-state index in [1.165, 1.54) is 80.1 Å². The predicted molar refractivity (Wildman–Crippen MR) is 136 cm³/mol. The smallest absolute Gasteiger partial charge is 0.345 e. The first kappa shape index (κ1) is 26.0. The quantitative estimate of drug-likeness (QED) is 0.158. The maximum absolute atomic E-state index is 12.6. The first-order valence-electron chi connectivity index (χ1n) is 11.8. The number of nitriles is 1. The first-order valence-corrected chi connectivity index (χ1v) is 12.2. The number of nitrogens with zero attached hydrogens (tertiary/aromatic N) is 1. The average molecular weight is 490 g/mol. The fourth-order valence-electron chi connectivity index (χ4n) is 3.57. The molecule has 0 aliphatic carbocycles. The topological polar surface area (TPSA) is 76.4 Å². The van der Waals surface area contributed by atoms with Crippen LogP contribution in [-0.4, -0.2) is 11.9 Å². The Bertz CT molecular complexity index is 1180. The SMILES string of the molecule is CCCCCCCCc1ccc(OC(=O)c2ccc(OC(=O)c3ccc(C#N)cc3)cc2Cl)cc1. The van der Waals surface area contributed by atoms with E-state index >= 15 is 0 Å². The van der Waals surface area contributed by atoms with Crippen LogP contribution in [0.5, 0.6) is 11.5 Å². The van der Waals surface area contributed by atoms with Gasteiger partial charge in [-0.1, -0.05) is 62.8 Å². The van der Waals surface area contributed by atoms with Crippen molar-refractivity contribution >= 4 is 23.5 Å². The van der Waals surface area contributed by atoms with Crippen LogP contribution in [0.4, 0.5) is 0 Å². The van der Waals surface area contributed by atoms with Crippen LogP contribution >= 0.6 is 11.6 Å². The van der Waals surface area contributed by atoms with E-state index in [9.17, 15) is 9.59 Å². The van der Waals surface area contributed by atoms with Crippen molar-refractivity contribution in [2.24, 2.45) is 0 Å². The summed E-state index contributed by atoms with van der Waals surface area (Å²) in [7, 11) is 0. The number of hydrogen-bond donors (Lipinski definition) is 0. The molecule has 3 rings (SSSR count). The van der Waals surface area contributed by atoms with Crippen molar-refractivity contribution < 1.29 is 19.1 Å². The molecule has 0 bridgehead atoms. The molecule has 3 aromatic carbocycles. The highest BCUT2D eigenvalue weighted by Gasteiger charge is 2.16. The number of ether oxygens (including phenoxy) is 2. The van der Waals surface area contributed by atoms with Crippen LogP contribution in [0.2, 0.25) is 5.02 Å². The van der Waals surface area contributed by atoms with Gasteiger partial charge in [0.15, 0.2) is 0 Å². The highest BCUT2D eigenvalue weighted by molar-refractivity contribution is 6.33.